The van der Waals surface area contributed by atoms with Crippen LogP contribution in [0.1, 0.15) is 40.9 Å². The average molecular weight is 335 g/mol. The van der Waals surface area contributed by atoms with Crippen LogP contribution < -0.4 is 0 Å². The third-order valence-electron chi connectivity index (χ3n) is 3.96. The molecule has 2 rings (SSSR count). The molecule has 106 valence electrons. The summed E-state index contributed by atoms with van der Waals surface area (Å²) in [4.78, 5) is 0.137. The SMILES string of the molecule is Cc1cc(F)cc(C)c1C(Br)C(C)(C)c1ccccc1. The first kappa shape index (κ1) is 15.2. The van der Waals surface area contributed by atoms with Crippen LogP contribution in [0.3, 0.4) is 0 Å². The highest BCUT2D eigenvalue weighted by molar-refractivity contribution is 9.09. The van der Waals surface area contributed by atoms with Crippen LogP contribution in [0.25, 0.3) is 0 Å². The molecular formula is C18H20BrF. The summed E-state index contributed by atoms with van der Waals surface area (Å²) in [5.74, 6) is -0.166. The van der Waals surface area contributed by atoms with E-state index in [0.29, 0.717) is 0 Å². The van der Waals surface area contributed by atoms with Crippen LogP contribution in [-0.4, -0.2) is 0 Å². The average Bonchev–Trinajstić information content (AvgIpc) is 2.38. The van der Waals surface area contributed by atoms with Gasteiger partial charge in [-0.15, -0.1) is 0 Å². The molecule has 0 aliphatic rings. The van der Waals surface area contributed by atoms with E-state index in [-0.39, 0.29) is 16.1 Å². The predicted octanol–water partition coefficient (Wildman–Crippen LogP) is 5.86. The fourth-order valence-electron chi connectivity index (χ4n) is 2.70. The molecule has 0 aliphatic carbocycles. The molecule has 0 saturated carbocycles. The molecule has 1 unspecified atom stereocenters. The number of benzene rings is 2. The van der Waals surface area contributed by atoms with E-state index in [9.17, 15) is 4.39 Å². The van der Waals surface area contributed by atoms with Crippen molar-refractivity contribution in [1.82, 2.24) is 0 Å². The van der Waals surface area contributed by atoms with E-state index >= 15 is 0 Å². The molecule has 20 heavy (non-hydrogen) atoms. The Bertz CT molecular complexity index is 579. The van der Waals surface area contributed by atoms with Gasteiger partial charge in [0.2, 0.25) is 0 Å². The number of alkyl halides is 1. The van der Waals surface area contributed by atoms with Crippen LogP contribution in [0, 0.1) is 19.7 Å². The lowest BCUT2D eigenvalue weighted by molar-refractivity contribution is 0.513. The lowest BCUT2D eigenvalue weighted by Gasteiger charge is -2.33. The minimum absolute atomic E-state index is 0.0748. The van der Waals surface area contributed by atoms with Gasteiger partial charge in [-0.3, -0.25) is 0 Å². The first-order chi connectivity index (χ1) is 9.34. The van der Waals surface area contributed by atoms with Crippen LogP contribution in [0.5, 0.6) is 0 Å². The Morgan fingerprint density at radius 2 is 1.50 bits per heavy atom. The van der Waals surface area contributed by atoms with Gasteiger partial charge in [0.15, 0.2) is 0 Å². The number of halogens is 2. The molecule has 0 nitrogen and oxygen atoms in total. The van der Waals surface area contributed by atoms with Gasteiger partial charge < -0.3 is 0 Å². The highest BCUT2D eigenvalue weighted by Crippen LogP contribution is 2.45. The van der Waals surface area contributed by atoms with Crippen molar-refractivity contribution in [3.63, 3.8) is 0 Å². The third-order valence-corrected chi connectivity index (χ3v) is 5.57. The third kappa shape index (κ3) is 2.80. The molecule has 2 aromatic rings. The van der Waals surface area contributed by atoms with Crippen molar-refractivity contribution in [2.45, 2.75) is 37.9 Å². The van der Waals surface area contributed by atoms with E-state index in [1.165, 1.54) is 11.1 Å². The molecular weight excluding hydrogens is 315 g/mol. The zero-order chi connectivity index (χ0) is 14.9. The summed E-state index contributed by atoms with van der Waals surface area (Å²) in [6.07, 6.45) is 0. The van der Waals surface area contributed by atoms with Crippen LogP contribution in [0.2, 0.25) is 0 Å². The van der Waals surface area contributed by atoms with Gasteiger partial charge in [-0.25, -0.2) is 4.39 Å². The topological polar surface area (TPSA) is 0 Å². The van der Waals surface area contributed by atoms with Gasteiger partial charge in [0.25, 0.3) is 0 Å². The van der Waals surface area contributed by atoms with Gasteiger partial charge in [-0.2, -0.15) is 0 Å². The molecule has 0 saturated heterocycles. The summed E-state index contributed by atoms with van der Waals surface area (Å²) in [6.45, 7) is 8.37. The van der Waals surface area contributed by atoms with Crippen LogP contribution >= 0.6 is 15.9 Å². The van der Waals surface area contributed by atoms with Crippen molar-refractivity contribution >= 4 is 15.9 Å². The Balaban J connectivity index is 2.48. The van der Waals surface area contributed by atoms with E-state index in [4.69, 9.17) is 0 Å². The van der Waals surface area contributed by atoms with E-state index in [0.717, 1.165) is 11.1 Å². The van der Waals surface area contributed by atoms with Gasteiger partial charge >= 0.3 is 0 Å². The van der Waals surface area contributed by atoms with Crippen molar-refractivity contribution in [3.05, 3.63) is 70.5 Å². The standard InChI is InChI=1S/C18H20BrF/c1-12-10-15(20)11-13(2)16(12)17(19)18(3,4)14-8-6-5-7-9-14/h5-11,17H,1-4H3. The predicted molar refractivity (Wildman–Crippen MR) is 87.0 cm³/mol. The second-order valence-corrected chi connectivity index (χ2v) is 6.82. The number of aryl methyl sites for hydroxylation is 2. The van der Waals surface area contributed by atoms with Crippen LogP contribution in [0.4, 0.5) is 4.39 Å². The van der Waals surface area contributed by atoms with Crippen molar-refractivity contribution in [2.24, 2.45) is 0 Å². The summed E-state index contributed by atoms with van der Waals surface area (Å²) in [6, 6.07) is 13.6. The molecule has 0 heterocycles. The first-order valence-electron chi connectivity index (χ1n) is 6.80. The summed E-state index contributed by atoms with van der Waals surface area (Å²) in [7, 11) is 0. The molecule has 0 aliphatic heterocycles. The Morgan fingerprint density at radius 3 is 2.00 bits per heavy atom. The molecule has 0 amide bonds. The van der Waals surface area contributed by atoms with Gasteiger partial charge in [-0.05, 0) is 48.2 Å². The maximum Gasteiger partial charge on any atom is 0.123 e. The minimum atomic E-state index is -0.166. The molecule has 0 spiro atoms. The Morgan fingerprint density at radius 1 is 1.00 bits per heavy atom. The van der Waals surface area contributed by atoms with Gasteiger partial charge in [-0.1, -0.05) is 60.1 Å². The van der Waals surface area contributed by atoms with Crippen molar-refractivity contribution in [1.29, 1.82) is 0 Å². The first-order valence-corrected chi connectivity index (χ1v) is 7.72. The monoisotopic (exact) mass is 334 g/mol. The second kappa shape index (κ2) is 5.69. The van der Waals surface area contributed by atoms with E-state index in [2.05, 4.69) is 54.0 Å². The summed E-state index contributed by atoms with van der Waals surface area (Å²) in [5, 5.41) is 0. The van der Waals surface area contributed by atoms with Gasteiger partial charge in [0.05, 0.1) is 0 Å². The molecule has 2 heteroatoms. The van der Waals surface area contributed by atoms with E-state index in [1.54, 1.807) is 12.1 Å². The molecule has 0 N–H and O–H groups in total. The van der Waals surface area contributed by atoms with Gasteiger partial charge in [0.1, 0.15) is 5.82 Å². The van der Waals surface area contributed by atoms with Crippen LogP contribution in [0.15, 0.2) is 42.5 Å². The van der Waals surface area contributed by atoms with Gasteiger partial charge in [0, 0.05) is 10.2 Å². The quantitative estimate of drug-likeness (QED) is 0.617. The molecule has 0 bridgehead atoms. The fourth-order valence-corrected chi connectivity index (χ4v) is 3.68. The highest BCUT2D eigenvalue weighted by atomic mass is 79.9. The smallest absolute Gasteiger partial charge is 0.123 e. The van der Waals surface area contributed by atoms with E-state index < -0.39 is 0 Å². The van der Waals surface area contributed by atoms with Crippen molar-refractivity contribution < 1.29 is 4.39 Å². The molecule has 2 aromatic carbocycles. The Labute approximate surface area is 129 Å². The molecule has 0 aromatic heterocycles. The Kier molecular flexibility index (Phi) is 4.33. The lowest BCUT2D eigenvalue weighted by Crippen LogP contribution is -2.24. The maximum absolute atomic E-state index is 13.5. The van der Waals surface area contributed by atoms with Crippen molar-refractivity contribution in [2.75, 3.05) is 0 Å². The Hall–Kier alpha value is -1.15. The van der Waals surface area contributed by atoms with E-state index in [1.807, 2.05) is 19.9 Å². The normalized spacial score (nSPS) is 13.3. The largest absolute Gasteiger partial charge is 0.207 e. The van der Waals surface area contributed by atoms with Crippen LogP contribution in [-0.2, 0) is 5.41 Å². The number of hydrogen-bond donors (Lipinski definition) is 0. The maximum atomic E-state index is 13.5. The summed E-state index contributed by atoms with van der Waals surface area (Å²) < 4.78 is 13.5. The minimum Gasteiger partial charge on any atom is -0.207 e. The molecule has 0 fully saturated rings. The molecule has 0 radical (unpaired) electrons. The zero-order valence-corrected chi connectivity index (χ0v) is 14.0. The second-order valence-electron chi connectivity index (χ2n) is 5.90. The number of rotatable bonds is 3. The number of hydrogen-bond acceptors (Lipinski definition) is 0. The molecule has 1 atom stereocenters. The van der Waals surface area contributed by atoms with Crippen molar-refractivity contribution in [3.8, 4) is 0 Å². The fraction of sp³-hybridized carbons (Fsp3) is 0.333. The summed E-state index contributed by atoms with van der Waals surface area (Å²) >= 11 is 3.85. The highest BCUT2D eigenvalue weighted by Gasteiger charge is 2.32. The lowest BCUT2D eigenvalue weighted by atomic mass is 9.77. The summed E-state index contributed by atoms with van der Waals surface area (Å²) in [5.41, 5.74) is 4.36. The zero-order valence-electron chi connectivity index (χ0n) is 12.4.